The molecule has 0 aromatic rings. The molecular weight excluding hydrogens is 162 g/mol. The van der Waals surface area contributed by atoms with Crippen LogP contribution in [0.15, 0.2) is 12.2 Å². The van der Waals surface area contributed by atoms with Gasteiger partial charge in [-0.15, -0.1) is 0 Å². The van der Waals surface area contributed by atoms with Crippen LogP contribution in [0.3, 0.4) is 0 Å². The first-order valence-electron chi connectivity index (χ1n) is 5.06. The standard InChI is InChI=1S/C11H23NO/c1-5-11(6-2,9-13)8-12-7-10(3)4/h12-13H,3,5-9H2,1-2,4H3. The molecule has 0 aromatic heterocycles. The molecule has 0 saturated carbocycles. The van der Waals surface area contributed by atoms with E-state index < -0.39 is 0 Å². The third-order valence-electron chi connectivity index (χ3n) is 2.76. The summed E-state index contributed by atoms with van der Waals surface area (Å²) in [5, 5.41) is 12.6. The van der Waals surface area contributed by atoms with Crippen molar-refractivity contribution < 1.29 is 5.11 Å². The minimum atomic E-state index is 0.0649. The van der Waals surface area contributed by atoms with Crippen molar-refractivity contribution in [1.29, 1.82) is 0 Å². The molecule has 0 aliphatic carbocycles. The van der Waals surface area contributed by atoms with Crippen molar-refractivity contribution in [3.8, 4) is 0 Å². The van der Waals surface area contributed by atoms with Crippen LogP contribution < -0.4 is 5.32 Å². The lowest BCUT2D eigenvalue weighted by Crippen LogP contribution is -2.37. The van der Waals surface area contributed by atoms with E-state index in [2.05, 4.69) is 25.7 Å². The average Bonchev–Trinajstić information content (AvgIpc) is 2.13. The van der Waals surface area contributed by atoms with Crippen molar-refractivity contribution in [3.05, 3.63) is 12.2 Å². The number of nitrogens with one attached hydrogen (secondary N) is 1. The highest BCUT2D eigenvalue weighted by atomic mass is 16.3. The van der Waals surface area contributed by atoms with Crippen molar-refractivity contribution in [2.45, 2.75) is 33.6 Å². The lowest BCUT2D eigenvalue weighted by atomic mass is 9.83. The second-order valence-electron chi connectivity index (χ2n) is 3.93. The Bertz CT molecular complexity index is 142. The summed E-state index contributed by atoms with van der Waals surface area (Å²) in [6.45, 7) is 12.1. The van der Waals surface area contributed by atoms with E-state index in [0.717, 1.165) is 31.5 Å². The first-order valence-corrected chi connectivity index (χ1v) is 5.06. The molecular formula is C11H23NO. The fourth-order valence-electron chi connectivity index (χ4n) is 1.32. The summed E-state index contributed by atoms with van der Waals surface area (Å²) in [5.41, 5.74) is 1.20. The molecule has 0 atom stereocenters. The lowest BCUT2D eigenvalue weighted by molar-refractivity contribution is 0.114. The molecule has 0 saturated heterocycles. The van der Waals surface area contributed by atoms with Gasteiger partial charge in [0.1, 0.15) is 0 Å². The van der Waals surface area contributed by atoms with Crippen molar-refractivity contribution in [1.82, 2.24) is 5.32 Å². The zero-order chi connectivity index (χ0) is 10.3. The predicted octanol–water partition coefficient (Wildman–Crippen LogP) is 1.95. The van der Waals surface area contributed by atoms with Gasteiger partial charge in [-0.2, -0.15) is 0 Å². The van der Waals surface area contributed by atoms with Gasteiger partial charge >= 0.3 is 0 Å². The van der Waals surface area contributed by atoms with Crippen LogP contribution in [0.2, 0.25) is 0 Å². The maximum Gasteiger partial charge on any atom is 0.0499 e. The van der Waals surface area contributed by atoms with Crippen molar-refractivity contribution in [2.75, 3.05) is 19.7 Å². The molecule has 2 heteroatoms. The number of rotatable bonds is 7. The topological polar surface area (TPSA) is 32.3 Å². The summed E-state index contributed by atoms with van der Waals surface area (Å²) in [4.78, 5) is 0. The summed E-state index contributed by atoms with van der Waals surface area (Å²) in [6, 6.07) is 0. The zero-order valence-electron chi connectivity index (χ0n) is 9.19. The maximum absolute atomic E-state index is 9.28. The molecule has 0 unspecified atom stereocenters. The Balaban J connectivity index is 3.88. The molecule has 0 heterocycles. The molecule has 0 aromatic carbocycles. The first kappa shape index (κ1) is 12.7. The van der Waals surface area contributed by atoms with E-state index in [-0.39, 0.29) is 12.0 Å². The largest absolute Gasteiger partial charge is 0.396 e. The maximum atomic E-state index is 9.28. The quantitative estimate of drug-likeness (QED) is 0.594. The summed E-state index contributed by atoms with van der Waals surface area (Å²) in [6.07, 6.45) is 2.03. The SMILES string of the molecule is C=C(C)CNCC(CC)(CC)CO. The van der Waals surface area contributed by atoms with Gasteiger partial charge in [-0.25, -0.2) is 0 Å². The number of hydrogen-bond acceptors (Lipinski definition) is 2. The first-order chi connectivity index (χ1) is 6.10. The molecule has 0 aliphatic heterocycles. The van der Waals surface area contributed by atoms with Crippen LogP contribution in [0.5, 0.6) is 0 Å². The van der Waals surface area contributed by atoms with Crippen LogP contribution in [0, 0.1) is 5.41 Å². The molecule has 78 valence electrons. The van der Waals surface area contributed by atoms with Gasteiger partial charge in [0.25, 0.3) is 0 Å². The Kier molecular flexibility index (Phi) is 6.00. The molecule has 13 heavy (non-hydrogen) atoms. The Labute approximate surface area is 82.0 Å². The van der Waals surface area contributed by atoms with Gasteiger partial charge in [0.05, 0.1) is 0 Å². The van der Waals surface area contributed by atoms with Gasteiger partial charge in [0.2, 0.25) is 0 Å². The summed E-state index contributed by atoms with van der Waals surface area (Å²) < 4.78 is 0. The third kappa shape index (κ3) is 4.44. The van der Waals surface area contributed by atoms with E-state index in [1.807, 2.05) is 6.92 Å². The lowest BCUT2D eigenvalue weighted by Gasteiger charge is -2.29. The molecule has 2 N–H and O–H groups in total. The van der Waals surface area contributed by atoms with E-state index in [9.17, 15) is 5.11 Å². The monoisotopic (exact) mass is 185 g/mol. The van der Waals surface area contributed by atoms with E-state index >= 15 is 0 Å². The highest BCUT2D eigenvalue weighted by Gasteiger charge is 2.24. The molecule has 0 bridgehead atoms. The van der Waals surface area contributed by atoms with Gasteiger partial charge in [-0.3, -0.25) is 0 Å². The third-order valence-corrected chi connectivity index (χ3v) is 2.76. The summed E-state index contributed by atoms with van der Waals surface area (Å²) in [5.74, 6) is 0. The molecule has 0 fully saturated rings. The van der Waals surface area contributed by atoms with Crippen LogP contribution >= 0.6 is 0 Å². The predicted molar refractivity (Wildman–Crippen MR) is 57.8 cm³/mol. The van der Waals surface area contributed by atoms with Crippen molar-refractivity contribution >= 4 is 0 Å². The zero-order valence-corrected chi connectivity index (χ0v) is 9.19. The highest BCUT2D eigenvalue weighted by Crippen LogP contribution is 2.24. The van der Waals surface area contributed by atoms with Gasteiger partial charge < -0.3 is 10.4 Å². The van der Waals surface area contributed by atoms with E-state index in [4.69, 9.17) is 0 Å². The molecule has 2 nitrogen and oxygen atoms in total. The number of aliphatic hydroxyl groups is 1. The van der Waals surface area contributed by atoms with Crippen molar-refractivity contribution in [3.63, 3.8) is 0 Å². The summed E-state index contributed by atoms with van der Waals surface area (Å²) >= 11 is 0. The van der Waals surface area contributed by atoms with E-state index in [1.54, 1.807) is 0 Å². The van der Waals surface area contributed by atoms with Crippen LogP contribution in [-0.4, -0.2) is 24.8 Å². The number of hydrogen-bond donors (Lipinski definition) is 2. The van der Waals surface area contributed by atoms with E-state index in [1.165, 1.54) is 0 Å². The van der Waals surface area contributed by atoms with Crippen molar-refractivity contribution in [2.24, 2.45) is 5.41 Å². The van der Waals surface area contributed by atoms with Crippen LogP contribution in [-0.2, 0) is 0 Å². The van der Waals surface area contributed by atoms with Gasteiger partial charge in [-0.05, 0) is 19.8 Å². The van der Waals surface area contributed by atoms with Crippen LogP contribution in [0.1, 0.15) is 33.6 Å². The molecule has 0 radical (unpaired) electrons. The molecule has 0 spiro atoms. The molecule has 0 amide bonds. The minimum absolute atomic E-state index is 0.0649. The highest BCUT2D eigenvalue weighted by molar-refractivity contribution is 4.91. The van der Waals surface area contributed by atoms with Gasteiger partial charge in [0, 0.05) is 25.1 Å². The Morgan fingerprint density at radius 3 is 2.23 bits per heavy atom. The molecule has 0 rings (SSSR count). The Morgan fingerprint density at radius 1 is 1.38 bits per heavy atom. The van der Waals surface area contributed by atoms with E-state index in [0.29, 0.717) is 0 Å². The van der Waals surface area contributed by atoms with Gasteiger partial charge in [-0.1, -0.05) is 26.0 Å². The fourth-order valence-corrected chi connectivity index (χ4v) is 1.32. The normalized spacial score (nSPS) is 11.7. The van der Waals surface area contributed by atoms with Gasteiger partial charge in [0.15, 0.2) is 0 Å². The van der Waals surface area contributed by atoms with Crippen LogP contribution in [0.25, 0.3) is 0 Å². The minimum Gasteiger partial charge on any atom is -0.396 e. The summed E-state index contributed by atoms with van der Waals surface area (Å²) in [7, 11) is 0. The Morgan fingerprint density at radius 2 is 1.92 bits per heavy atom. The van der Waals surface area contributed by atoms with Crippen LogP contribution in [0.4, 0.5) is 0 Å². The fraction of sp³-hybridized carbons (Fsp3) is 0.818. The number of aliphatic hydroxyl groups excluding tert-OH is 1. The second kappa shape index (κ2) is 6.17. The Hall–Kier alpha value is -0.340. The average molecular weight is 185 g/mol. The molecule has 0 aliphatic rings. The second-order valence-corrected chi connectivity index (χ2v) is 3.93. The smallest absolute Gasteiger partial charge is 0.0499 e.